The van der Waals surface area contributed by atoms with E-state index in [0.717, 1.165) is 19.3 Å². The Morgan fingerprint density at radius 2 is 1.60 bits per heavy atom. The van der Waals surface area contributed by atoms with E-state index in [1.807, 2.05) is 20.8 Å². The van der Waals surface area contributed by atoms with Gasteiger partial charge in [-0.15, -0.1) is 0 Å². The number of nitrogens with zero attached hydrogens (tertiary/aromatic N) is 1. The third-order valence-electron chi connectivity index (χ3n) is 2.26. The first-order chi connectivity index (χ1) is 4.74. The topological polar surface area (TPSA) is 29.4 Å². The second-order valence-corrected chi connectivity index (χ2v) is 2.49. The smallest absolute Gasteiger partial charge is 0.211 e. The molecule has 0 unspecified atom stereocenters. The Bertz CT molecular complexity index is 124. The standard InChI is InChI=1S/C8H15NO/c1-4-8(5-2,6-3)9-7-10/h4-6H2,1-3H3. The van der Waals surface area contributed by atoms with E-state index in [-0.39, 0.29) is 5.54 Å². The molecule has 0 fully saturated rings. The average molecular weight is 141 g/mol. The van der Waals surface area contributed by atoms with Crippen LogP contribution in [0.1, 0.15) is 40.0 Å². The van der Waals surface area contributed by atoms with Crippen molar-refractivity contribution < 1.29 is 4.79 Å². The minimum atomic E-state index is -0.123. The van der Waals surface area contributed by atoms with Gasteiger partial charge in [0.05, 0.1) is 5.54 Å². The van der Waals surface area contributed by atoms with Crippen LogP contribution in [0.5, 0.6) is 0 Å². The van der Waals surface area contributed by atoms with Crippen LogP contribution in [-0.2, 0) is 4.79 Å². The zero-order valence-electron chi connectivity index (χ0n) is 6.98. The van der Waals surface area contributed by atoms with E-state index in [9.17, 15) is 4.79 Å². The first-order valence-electron chi connectivity index (χ1n) is 3.83. The van der Waals surface area contributed by atoms with Crippen molar-refractivity contribution >= 4 is 6.08 Å². The molecule has 0 heterocycles. The highest BCUT2D eigenvalue weighted by atomic mass is 16.1. The summed E-state index contributed by atoms with van der Waals surface area (Å²) >= 11 is 0. The van der Waals surface area contributed by atoms with Gasteiger partial charge in [-0.25, -0.2) is 4.79 Å². The summed E-state index contributed by atoms with van der Waals surface area (Å²) in [4.78, 5) is 13.8. The zero-order valence-corrected chi connectivity index (χ0v) is 6.98. The molecule has 0 atom stereocenters. The maximum absolute atomic E-state index is 10.0. The predicted molar refractivity (Wildman–Crippen MR) is 41.7 cm³/mol. The van der Waals surface area contributed by atoms with E-state index in [0.29, 0.717) is 0 Å². The molecule has 0 aromatic carbocycles. The van der Waals surface area contributed by atoms with Gasteiger partial charge in [0, 0.05) is 0 Å². The van der Waals surface area contributed by atoms with Crippen LogP contribution in [0.4, 0.5) is 0 Å². The van der Waals surface area contributed by atoms with Crippen LogP contribution in [0.2, 0.25) is 0 Å². The van der Waals surface area contributed by atoms with E-state index < -0.39 is 0 Å². The molecule has 10 heavy (non-hydrogen) atoms. The molecule has 2 heteroatoms. The Labute approximate surface area is 62.4 Å². The number of carbonyl (C=O) groups excluding carboxylic acids is 1. The minimum absolute atomic E-state index is 0.123. The molecule has 0 aromatic rings. The summed E-state index contributed by atoms with van der Waals surface area (Å²) in [7, 11) is 0. The molecule has 2 nitrogen and oxygen atoms in total. The highest BCUT2D eigenvalue weighted by molar-refractivity contribution is 5.34. The van der Waals surface area contributed by atoms with Crippen LogP contribution in [0.3, 0.4) is 0 Å². The quantitative estimate of drug-likeness (QED) is 0.436. The van der Waals surface area contributed by atoms with E-state index in [1.165, 1.54) is 0 Å². The fourth-order valence-electron chi connectivity index (χ4n) is 1.08. The highest BCUT2D eigenvalue weighted by Gasteiger charge is 2.21. The predicted octanol–water partition coefficient (Wildman–Crippen LogP) is 2.29. The summed E-state index contributed by atoms with van der Waals surface area (Å²) in [6.07, 6.45) is 4.41. The van der Waals surface area contributed by atoms with Gasteiger partial charge in [-0.1, -0.05) is 20.8 Å². The van der Waals surface area contributed by atoms with Crippen molar-refractivity contribution in [2.75, 3.05) is 0 Å². The van der Waals surface area contributed by atoms with Gasteiger partial charge in [0.25, 0.3) is 0 Å². The van der Waals surface area contributed by atoms with Crippen LogP contribution in [-0.4, -0.2) is 11.6 Å². The van der Waals surface area contributed by atoms with Crippen molar-refractivity contribution in [3.8, 4) is 0 Å². The second kappa shape index (κ2) is 4.24. The molecule has 0 spiro atoms. The van der Waals surface area contributed by atoms with Crippen LogP contribution in [0.25, 0.3) is 0 Å². The molecule has 0 bridgehead atoms. The third kappa shape index (κ3) is 1.96. The molecule has 58 valence electrons. The third-order valence-corrected chi connectivity index (χ3v) is 2.26. The summed E-state index contributed by atoms with van der Waals surface area (Å²) in [6, 6.07) is 0. The van der Waals surface area contributed by atoms with Crippen molar-refractivity contribution in [1.29, 1.82) is 0 Å². The molecule has 0 aliphatic heterocycles. The molecular weight excluding hydrogens is 126 g/mol. The largest absolute Gasteiger partial charge is 0.235 e. The van der Waals surface area contributed by atoms with E-state index in [2.05, 4.69) is 4.99 Å². The van der Waals surface area contributed by atoms with Gasteiger partial charge < -0.3 is 0 Å². The van der Waals surface area contributed by atoms with E-state index >= 15 is 0 Å². The maximum atomic E-state index is 10.0. The summed E-state index contributed by atoms with van der Waals surface area (Å²) in [5, 5.41) is 0. The molecule has 0 radical (unpaired) electrons. The molecule has 0 aromatic heterocycles. The molecule has 0 rings (SSSR count). The molecule has 0 aliphatic carbocycles. The minimum Gasteiger partial charge on any atom is -0.211 e. The maximum Gasteiger partial charge on any atom is 0.235 e. The summed E-state index contributed by atoms with van der Waals surface area (Å²) in [5.74, 6) is 0. The van der Waals surface area contributed by atoms with Gasteiger partial charge in [0.15, 0.2) is 0 Å². The summed E-state index contributed by atoms with van der Waals surface area (Å²) in [6.45, 7) is 6.15. The zero-order chi connectivity index (χ0) is 8.04. The first kappa shape index (κ1) is 9.38. The molecule has 0 N–H and O–H groups in total. The van der Waals surface area contributed by atoms with Crippen LogP contribution < -0.4 is 0 Å². The lowest BCUT2D eigenvalue weighted by molar-refractivity contribution is 0.383. The Hall–Kier alpha value is -0.620. The monoisotopic (exact) mass is 141 g/mol. The second-order valence-electron chi connectivity index (χ2n) is 2.49. The number of hydrogen-bond acceptors (Lipinski definition) is 2. The Morgan fingerprint density at radius 3 is 1.70 bits per heavy atom. The van der Waals surface area contributed by atoms with Gasteiger partial charge >= 0.3 is 0 Å². The number of rotatable bonds is 4. The number of aliphatic imine (C=N–C) groups is 1. The van der Waals surface area contributed by atoms with Crippen molar-refractivity contribution in [3.63, 3.8) is 0 Å². The Balaban J connectivity index is 4.29. The Morgan fingerprint density at radius 1 is 1.20 bits per heavy atom. The highest BCUT2D eigenvalue weighted by Crippen LogP contribution is 2.23. The summed E-state index contributed by atoms with van der Waals surface area (Å²) < 4.78 is 0. The lowest BCUT2D eigenvalue weighted by Crippen LogP contribution is -2.22. The van der Waals surface area contributed by atoms with Gasteiger partial charge in [-0.3, -0.25) is 0 Å². The molecule has 0 saturated heterocycles. The van der Waals surface area contributed by atoms with Crippen molar-refractivity contribution in [1.82, 2.24) is 0 Å². The van der Waals surface area contributed by atoms with Crippen LogP contribution in [0.15, 0.2) is 4.99 Å². The van der Waals surface area contributed by atoms with Gasteiger partial charge in [0.1, 0.15) is 0 Å². The van der Waals surface area contributed by atoms with Gasteiger partial charge in [-0.2, -0.15) is 4.99 Å². The normalized spacial score (nSPS) is 10.7. The molecule has 0 aliphatic rings. The van der Waals surface area contributed by atoms with E-state index in [4.69, 9.17) is 0 Å². The number of hydrogen-bond donors (Lipinski definition) is 0. The first-order valence-corrected chi connectivity index (χ1v) is 3.83. The molecular formula is C8H15NO. The van der Waals surface area contributed by atoms with Gasteiger partial charge in [-0.05, 0) is 19.3 Å². The average Bonchev–Trinajstić information content (AvgIpc) is 2.01. The van der Waals surface area contributed by atoms with Crippen molar-refractivity contribution in [3.05, 3.63) is 0 Å². The van der Waals surface area contributed by atoms with Crippen LogP contribution >= 0.6 is 0 Å². The summed E-state index contributed by atoms with van der Waals surface area (Å²) in [5.41, 5.74) is -0.123. The van der Waals surface area contributed by atoms with Gasteiger partial charge in [0.2, 0.25) is 6.08 Å². The van der Waals surface area contributed by atoms with E-state index in [1.54, 1.807) is 6.08 Å². The molecule has 0 saturated carbocycles. The number of isocyanates is 1. The lowest BCUT2D eigenvalue weighted by Gasteiger charge is -2.22. The van der Waals surface area contributed by atoms with Crippen molar-refractivity contribution in [2.45, 2.75) is 45.6 Å². The fraction of sp³-hybridized carbons (Fsp3) is 0.875. The van der Waals surface area contributed by atoms with Crippen molar-refractivity contribution in [2.24, 2.45) is 4.99 Å². The Kier molecular flexibility index (Phi) is 3.97. The molecule has 0 amide bonds. The fourth-order valence-corrected chi connectivity index (χ4v) is 1.08. The van der Waals surface area contributed by atoms with Crippen LogP contribution in [0, 0.1) is 0 Å². The SMILES string of the molecule is CCC(CC)(CC)N=C=O. The lowest BCUT2D eigenvalue weighted by atomic mass is 9.91.